The number of sulfonamides is 1. The molecule has 4 aromatic heterocycles. The van der Waals surface area contributed by atoms with E-state index >= 15 is 0 Å². The van der Waals surface area contributed by atoms with Crippen molar-refractivity contribution in [3.8, 4) is 28.6 Å². The Hall–Kier alpha value is -3.69. The van der Waals surface area contributed by atoms with E-state index in [0.717, 1.165) is 0 Å². The van der Waals surface area contributed by atoms with Gasteiger partial charge in [-0.1, -0.05) is 6.07 Å². The molecule has 0 atom stereocenters. The van der Waals surface area contributed by atoms with Crippen LogP contribution in [-0.4, -0.2) is 38.7 Å². The summed E-state index contributed by atoms with van der Waals surface area (Å²) < 4.78 is 53.8. The number of nitrogens with one attached hydrogen (secondary N) is 2. The van der Waals surface area contributed by atoms with Gasteiger partial charge < -0.3 is 4.98 Å². The molecule has 32 heavy (non-hydrogen) atoms. The monoisotopic (exact) mass is 455 g/mol. The van der Waals surface area contributed by atoms with Gasteiger partial charge in [0.2, 0.25) is 0 Å². The molecule has 12 heteroatoms. The lowest BCUT2D eigenvalue weighted by atomic mass is 10.1. The Morgan fingerprint density at radius 1 is 1.22 bits per heavy atom. The van der Waals surface area contributed by atoms with Gasteiger partial charge in [0, 0.05) is 28.9 Å². The molecule has 0 unspecified atom stereocenters. The first-order valence-electron chi connectivity index (χ1n) is 9.53. The number of pyridine rings is 2. The fraction of sp³-hybridized carbons (Fsp3) is 0.200. The number of hydrogen-bond donors (Lipinski definition) is 2. The SMILES string of the molecule is N#CC1(NS(=O)(=O)c2cccc(-c3cnc4[nH]c(-c5cnn(C(F)F)c5)cc4c3)n2)CC1. The second kappa shape index (κ2) is 7.18. The van der Waals surface area contributed by atoms with Gasteiger partial charge in [0.25, 0.3) is 10.0 Å². The van der Waals surface area contributed by atoms with E-state index in [2.05, 4.69) is 24.8 Å². The number of nitrogens with zero attached hydrogens (tertiary/aromatic N) is 5. The van der Waals surface area contributed by atoms with Gasteiger partial charge in [-0.3, -0.25) is 0 Å². The highest BCUT2D eigenvalue weighted by molar-refractivity contribution is 7.89. The molecular weight excluding hydrogens is 440 g/mol. The van der Waals surface area contributed by atoms with Crippen LogP contribution in [0.2, 0.25) is 0 Å². The van der Waals surface area contributed by atoms with Crippen molar-refractivity contribution >= 4 is 21.1 Å². The molecule has 1 saturated carbocycles. The average Bonchev–Trinajstić information content (AvgIpc) is 3.18. The summed E-state index contributed by atoms with van der Waals surface area (Å²) in [5, 5.41) is 13.3. The van der Waals surface area contributed by atoms with E-state index in [-0.39, 0.29) is 5.03 Å². The Morgan fingerprint density at radius 3 is 2.72 bits per heavy atom. The Morgan fingerprint density at radius 2 is 2.03 bits per heavy atom. The lowest BCUT2D eigenvalue weighted by Crippen LogP contribution is -2.36. The maximum absolute atomic E-state index is 12.8. The molecular formula is C20H15F2N7O2S. The van der Waals surface area contributed by atoms with Gasteiger partial charge in [-0.15, -0.1) is 0 Å². The predicted molar refractivity (Wildman–Crippen MR) is 110 cm³/mol. The number of aromatic amines is 1. The second-order valence-electron chi connectivity index (χ2n) is 7.49. The number of hydrogen-bond acceptors (Lipinski definition) is 6. The minimum atomic E-state index is -3.96. The van der Waals surface area contributed by atoms with Crippen LogP contribution in [0.4, 0.5) is 8.78 Å². The molecule has 0 radical (unpaired) electrons. The van der Waals surface area contributed by atoms with Crippen LogP contribution in [0.15, 0.2) is 53.9 Å². The number of H-pyrrole nitrogens is 1. The van der Waals surface area contributed by atoms with Crippen LogP contribution in [0.1, 0.15) is 19.4 Å². The van der Waals surface area contributed by atoms with Crippen molar-refractivity contribution in [2.24, 2.45) is 0 Å². The molecule has 0 aromatic carbocycles. The van der Waals surface area contributed by atoms with Gasteiger partial charge >= 0.3 is 6.55 Å². The van der Waals surface area contributed by atoms with Crippen molar-refractivity contribution in [1.29, 1.82) is 5.26 Å². The zero-order chi connectivity index (χ0) is 22.5. The van der Waals surface area contributed by atoms with Crippen LogP contribution in [0.25, 0.3) is 33.5 Å². The molecule has 2 N–H and O–H groups in total. The minimum absolute atomic E-state index is 0.189. The number of alkyl halides is 2. The third kappa shape index (κ3) is 3.61. The van der Waals surface area contributed by atoms with E-state index < -0.39 is 22.1 Å². The number of rotatable bonds is 6. The summed E-state index contributed by atoms with van der Waals surface area (Å²) in [4.78, 5) is 11.6. The average molecular weight is 455 g/mol. The summed E-state index contributed by atoms with van der Waals surface area (Å²) in [7, 11) is -3.96. The van der Waals surface area contributed by atoms with E-state index in [1.165, 1.54) is 24.7 Å². The van der Waals surface area contributed by atoms with Crippen LogP contribution >= 0.6 is 0 Å². The molecule has 162 valence electrons. The molecule has 1 fully saturated rings. The molecule has 0 saturated heterocycles. The Balaban J connectivity index is 1.47. The quantitative estimate of drug-likeness (QED) is 0.459. The highest BCUT2D eigenvalue weighted by Crippen LogP contribution is 2.36. The zero-order valence-corrected chi connectivity index (χ0v) is 17.1. The summed E-state index contributed by atoms with van der Waals surface area (Å²) in [6.45, 7) is -2.73. The smallest absolute Gasteiger partial charge is 0.333 e. The Bertz CT molecular complexity index is 1480. The summed E-state index contributed by atoms with van der Waals surface area (Å²) in [5.74, 6) is 0. The summed E-state index contributed by atoms with van der Waals surface area (Å²) >= 11 is 0. The van der Waals surface area contributed by atoms with Crippen molar-refractivity contribution in [2.75, 3.05) is 0 Å². The highest BCUT2D eigenvalue weighted by atomic mass is 32.2. The summed E-state index contributed by atoms with van der Waals surface area (Å²) in [6, 6.07) is 10.1. The molecule has 0 aliphatic heterocycles. The first kappa shape index (κ1) is 20.2. The maximum atomic E-state index is 12.8. The lowest BCUT2D eigenvalue weighted by Gasteiger charge is -2.10. The largest absolute Gasteiger partial charge is 0.339 e. The molecule has 9 nitrogen and oxygen atoms in total. The first-order chi connectivity index (χ1) is 15.3. The topological polar surface area (TPSA) is 129 Å². The van der Waals surface area contributed by atoms with Crippen molar-refractivity contribution in [1.82, 2.24) is 29.5 Å². The third-order valence-corrected chi connectivity index (χ3v) is 6.61. The van der Waals surface area contributed by atoms with Crippen LogP contribution in [-0.2, 0) is 10.0 Å². The molecule has 4 aromatic rings. The number of aromatic nitrogens is 5. The van der Waals surface area contributed by atoms with Crippen LogP contribution in [0.5, 0.6) is 0 Å². The molecule has 5 rings (SSSR count). The molecule has 4 heterocycles. The van der Waals surface area contributed by atoms with E-state index in [9.17, 15) is 17.2 Å². The van der Waals surface area contributed by atoms with Gasteiger partial charge in [-0.2, -0.15) is 23.9 Å². The number of halogens is 2. The van der Waals surface area contributed by atoms with Crippen LogP contribution < -0.4 is 4.72 Å². The standard InChI is InChI=1S/C20H15F2N7O2S/c21-19(22)29-10-14(9-25-29)16-7-12-6-13(8-24-18(12)27-16)15-2-1-3-17(26-15)32(30,31)28-20(11-23)4-5-20/h1-3,6-10,19,28H,4-5H2,(H,24,27). The third-order valence-electron chi connectivity index (χ3n) is 5.17. The number of nitriles is 1. The number of fused-ring (bicyclic) bond motifs is 1. The van der Waals surface area contributed by atoms with Crippen molar-refractivity contribution in [2.45, 2.75) is 30.0 Å². The normalized spacial score (nSPS) is 15.2. The van der Waals surface area contributed by atoms with Crippen molar-refractivity contribution in [3.63, 3.8) is 0 Å². The van der Waals surface area contributed by atoms with Gasteiger partial charge in [0.05, 0.1) is 23.7 Å². The zero-order valence-electron chi connectivity index (χ0n) is 16.3. The minimum Gasteiger partial charge on any atom is -0.339 e. The van der Waals surface area contributed by atoms with E-state index in [0.29, 0.717) is 51.1 Å². The second-order valence-corrected chi connectivity index (χ2v) is 9.12. The molecule has 0 amide bonds. The first-order valence-corrected chi connectivity index (χ1v) is 11.0. The van der Waals surface area contributed by atoms with Gasteiger partial charge in [0.15, 0.2) is 5.03 Å². The van der Waals surface area contributed by atoms with Crippen LogP contribution in [0.3, 0.4) is 0 Å². The molecule has 1 aliphatic carbocycles. The lowest BCUT2D eigenvalue weighted by molar-refractivity contribution is 0.0566. The van der Waals surface area contributed by atoms with Gasteiger partial charge in [-0.25, -0.2) is 23.1 Å². The van der Waals surface area contributed by atoms with E-state index in [4.69, 9.17) is 5.26 Å². The fourth-order valence-corrected chi connectivity index (χ4v) is 4.64. The van der Waals surface area contributed by atoms with Crippen molar-refractivity contribution < 1.29 is 17.2 Å². The summed E-state index contributed by atoms with van der Waals surface area (Å²) in [6.07, 6.45) is 5.03. The van der Waals surface area contributed by atoms with Gasteiger partial charge in [-0.05, 0) is 37.1 Å². The molecule has 0 spiro atoms. The highest BCUT2D eigenvalue weighted by Gasteiger charge is 2.47. The summed E-state index contributed by atoms with van der Waals surface area (Å²) in [5.41, 5.74) is 1.49. The Labute approximate surface area is 180 Å². The van der Waals surface area contributed by atoms with Crippen molar-refractivity contribution in [3.05, 3.63) is 48.9 Å². The van der Waals surface area contributed by atoms with E-state index in [1.54, 1.807) is 24.3 Å². The Kier molecular flexibility index (Phi) is 4.54. The molecule has 0 bridgehead atoms. The van der Waals surface area contributed by atoms with Gasteiger partial charge in [0.1, 0.15) is 11.2 Å². The van der Waals surface area contributed by atoms with Crippen LogP contribution in [0, 0.1) is 11.3 Å². The molecule has 1 aliphatic rings. The maximum Gasteiger partial charge on any atom is 0.333 e. The fourth-order valence-electron chi connectivity index (χ4n) is 3.29. The predicted octanol–water partition coefficient (Wildman–Crippen LogP) is 3.22. The van der Waals surface area contributed by atoms with E-state index in [1.807, 2.05) is 6.07 Å².